The number of rotatable bonds is 5. The second kappa shape index (κ2) is 9.16. The summed E-state index contributed by atoms with van der Waals surface area (Å²) in [5.41, 5.74) is 2.26. The van der Waals surface area contributed by atoms with Gasteiger partial charge in [0.2, 0.25) is 5.91 Å². The number of urea groups is 1. The molecule has 2 aromatic rings. The second-order valence-corrected chi connectivity index (χ2v) is 6.21. The van der Waals surface area contributed by atoms with Crippen LogP contribution < -0.4 is 10.6 Å². The molecule has 3 rings (SSSR count). The molecule has 1 aliphatic rings. The van der Waals surface area contributed by atoms with Crippen molar-refractivity contribution in [3.05, 3.63) is 60.2 Å². The van der Waals surface area contributed by atoms with Crippen LogP contribution >= 0.6 is 0 Å². The van der Waals surface area contributed by atoms with E-state index in [-0.39, 0.29) is 24.6 Å². The smallest absolute Gasteiger partial charge is 0.322 e. The third-order valence-electron chi connectivity index (χ3n) is 4.20. The molecule has 0 aliphatic carbocycles. The Morgan fingerprint density at radius 3 is 2.59 bits per heavy atom. The maximum absolute atomic E-state index is 12.6. The molecule has 1 saturated heterocycles. The maximum atomic E-state index is 12.6. The lowest BCUT2D eigenvalue weighted by molar-refractivity contribution is -0.119. The number of hydrogen-bond acceptors (Lipinski definition) is 4. The molecule has 2 aromatic carbocycles. The first-order valence-electron chi connectivity index (χ1n) is 8.77. The van der Waals surface area contributed by atoms with E-state index in [1.165, 1.54) is 7.11 Å². The highest BCUT2D eigenvalue weighted by Gasteiger charge is 2.25. The number of anilines is 2. The van der Waals surface area contributed by atoms with Crippen molar-refractivity contribution in [2.75, 3.05) is 44.0 Å². The van der Waals surface area contributed by atoms with Crippen LogP contribution in [-0.2, 0) is 14.3 Å². The summed E-state index contributed by atoms with van der Waals surface area (Å²) in [6.45, 7) is 1.48. The lowest BCUT2D eigenvalue weighted by Gasteiger charge is -2.33. The molecule has 1 heterocycles. The molecule has 0 aromatic heterocycles. The van der Waals surface area contributed by atoms with E-state index in [1.807, 2.05) is 30.3 Å². The zero-order valence-electron chi connectivity index (χ0n) is 15.2. The molecule has 7 heteroatoms. The molecule has 2 N–H and O–H groups in total. The third-order valence-corrected chi connectivity index (χ3v) is 4.20. The summed E-state index contributed by atoms with van der Waals surface area (Å²) >= 11 is 0. The van der Waals surface area contributed by atoms with E-state index in [0.717, 1.165) is 5.56 Å². The van der Waals surface area contributed by atoms with Gasteiger partial charge >= 0.3 is 6.03 Å². The zero-order chi connectivity index (χ0) is 19.1. The third kappa shape index (κ3) is 5.29. The molecule has 1 atom stereocenters. The summed E-state index contributed by atoms with van der Waals surface area (Å²) < 4.78 is 10.6. The lowest BCUT2D eigenvalue weighted by atomic mass is 10.1. The molecule has 0 bridgehead atoms. The van der Waals surface area contributed by atoms with Gasteiger partial charge in [0, 0.05) is 25.0 Å². The van der Waals surface area contributed by atoms with Gasteiger partial charge in [0.05, 0.1) is 13.2 Å². The Morgan fingerprint density at radius 1 is 1.11 bits per heavy atom. The number of methoxy groups -OCH3 is 1. The van der Waals surface area contributed by atoms with Crippen LogP contribution in [-0.4, -0.2) is 50.3 Å². The predicted molar refractivity (Wildman–Crippen MR) is 103 cm³/mol. The van der Waals surface area contributed by atoms with E-state index in [1.54, 1.807) is 29.2 Å². The minimum absolute atomic E-state index is 0.0226. The largest absolute Gasteiger partial charge is 0.375 e. The summed E-state index contributed by atoms with van der Waals surface area (Å²) in [6.07, 6.45) is -0.134. The van der Waals surface area contributed by atoms with Crippen molar-refractivity contribution >= 4 is 23.3 Å². The molecule has 0 saturated carbocycles. The molecule has 7 nitrogen and oxygen atoms in total. The number of carbonyl (C=O) groups excluding carboxylic acids is 2. The predicted octanol–water partition coefficient (Wildman–Crippen LogP) is 2.88. The molecule has 1 fully saturated rings. The normalized spacial score (nSPS) is 16.6. The minimum Gasteiger partial charge on any atom is -0.375 e. The van der Waals surface area contributed by atoms with Gasteiger partial charge in [-0.25, -0.2) is 4.79 Å². The lowest BCUT2D eigenvalue weighted by Crippen LogP contribution is -2.44. The number of amides is 3. The Balaban J connectivity index is 1.60. The van der Waals surface area contributed by atoms with Crippen LogP contribution in [0, 0.1) is 0 Å². The number of benzene rings is 2. The highest BCUT2D eigenvalue weighted by Crippen LogP contribution is 2.23. The molecule has 27 heavy (non-hydrogen) atoms. The number of hydrogen-bond donors (Lipinski definition) is 2. The van der Waals surface area contributed by atoms with Gasteiger partial charge in [-0.05, 0) is 23.8 Å². The van der Waals surface area contributed by atoms with Gasteiger partial charge in [-0.2, -0.15) is 0 Å². The summed E-state index contributed by atoms with van der Waals surface area (Å²) in [5.74, 6) is -0.250. The highest BCUT2D eigenvalue weighted by atomic mass is 16.5. The Labute approximate surface area is 158 Å². The Hall–Kier alpha value is -2.90. The van der Waals surface area contributed by atoms with E-state index in [2.05, 4.69) is 10.6 Å². The molecule has 0 radical (unpaired) electrons. The van der Waals surface area contributed by atoms with Crippen LogP contribution in [0.1, 0.15) is 11.7 Å². The van der Waals surface area contributed by atoms with Crippen molar-refractivity contribution in [2.24, 2.45) is 0 Å². The van der Waals surface area contributed by atoms with Gasteiger partial charge in [0.25, 0.3) is 0 Å². The Bertz CT molecular complexity index is 782. The molecule has 3 amide bonds. The van der Waals surface area contributed by atoms with Crippen molar-refractivity contribution in [1.82, 2.24) is 4.90 Å². The van der Waals surface area contributed by atoms with Crippen molar-refractivity contribution in [1.29, 1.82) is 0 Å². The molecular weight excluding hydrogens is 346 g/mol. The number of nitrogens with one attached hydrogen (secondary N) is 2. The standard InChI is InChI=1S/C20H23N3O4/c1-26-14-19(24)21-16-8-5-9-17(12-16)22-20(25)23-10-11-27-18(13-23)15-6-3-2-4-7-15/h2-9,12,18H,10-11,13-14H2,1H3,(H,21,24)(H,22,25). The minimum atomic E-state index is -0.250. The summed E-state index contributed by atoms with van der Waals surface area (Å²) in [6, 6.07) is 16.7. The molecular formula is C20H23N3O4. The van der Waals surface area contributed by atoms with E-state index >= 15 is 0 Å². The van der Waals surface area contributed by atoms with Crippen LogP contribution in [0.15, 0.2) is 54.6 Å². The Kier molecular flexibility index (Phi) is 6.40. The average molecular weight is 369 g/mol. The molecule has 1 aliphatic heterocycles. The number of ether oxygens (including phenoxy) is 2. The number of nitrogens with zero attached hydrogens (tertiary/aromatic N) is 1. The fraction of sp³-hybridized carbons (Fsp3) is 0.300. The van der Waals surface area contributed by atoms with Gasteiger partial charge in [-0.15, -0.1) is 0 Å². The average Bonchev–Trinajstić information content (AvgIpc) is 2.69. The van der Waals surface area contributed by atoms with E-state index in [0.29, 0.717) is 31.1 Å². The van der Waals surface area contributed by atoms with Gasteiger partial charge in [-0.3, -0.25) is 4.79 Å². The fourth-order valence-corrected chi connectivity index (χ4v) is 2.91. The van der Waals surface area contributed by atoms with Crippen molar-refractivity contribution in [2.45, 2.75) is 6.10 Å². The van der Waals surface area contributed by atoms with E-state index in [9.17, 15) is 9.59 Å². The monoisotopic (exact) mass is 369 g/mol. The number of morpholine rings is 1. The second-order valence-electron chi connectivity index (χ2n) is 6.21. The SMILES string of the molecule is COCC(=O)Nc1cccc(NC(=O)N2CCOC(c3ccccc3)C2)c1. The van der Waals surface area contributed by atoms with Crippen LogP contribution in [0.25, 0.3) is 0 Å². The van der Waals surface area contributed by atoms with Gasteiger partial charge < -0.3 is 25.0 Å². The van der Waals surface area contributed by atoms with Crippen LogP contribution in [0.4, 0.5) is 16.2 Å². The van der Waals surface area contributed by atoms with E-state index < -0.39 is 0 Å². The topological polar surface area (TPSA) is 79.9 Å². The van der Waals surface area contributed by atoms with Crippen LogP contribution in [0.2, 0.25) is 0 Å². The summed E-state index contributed by atoms with van der Waals surface area (Å²) in [5, 5.41) is 5.59. The molecule has 0 spiro atoms. The van der Waals surface area contributed by atoms with Crippen molar-refractivity contribution in [3.63, 3.8) is 0 Å². The van der Waals surface area contributed by atoms with Gasteiger partial charge in [0.15, 0.2) is 0 Å². The number of carbonyl (C=O) groups is 2. The Morgan fingerprint density at radius 2 is 1.85 bits per heavy atom. The molecule has 1 unspecified atom stereocenters. The van der Waals surface area contributed by atoms with Crippen LogP contribution in [0.5, 0.6) is 0 Å². The zero-order valence-corrected chi connectivity index (χ0v) is 15.2. The van der Waals surface area contributed by atoms with Crippen molar-refractivity contribution in [3.8, 4) is 0 Å². The highest BCUT2D eigenvalue weighted by molar-refractivity contribution is 5.94. The van der Waals surface area contributed by atoms with Crippen molar-refractivity contribution < 1.29 is 19.1 Å². The van der Waals surface area contributed by atoms with Crippen LogP contribution in [0.3, 0.4) is 0 Å². The molecule has 142 valence electrons. The first-order valence-corrected chi connectivity index (χ1v) is 8.77. The summed E-state index contributed by atoms with van der Waals surface area (Å²) in [7, 11) is 1.46. The van der Waals surface area contributed by atoms with E-state index in [4.69, 9.17) is 9.47 Å². The summed E-state index contributed by atoms with van der Waals surface area (Å²) in [4.78, 5) is 26.0. The quantitative estimate of drug-likeness (QED) is 0.849. The maximum Gasteiger partial charge on any atom is 0.322 e. The van der Waals surface area contributed by atoms with Gasteiger partial charge in [-0.1, -0.05) is 36.4 Å². The first kappa shape index (κ1) is 18.9. The first-order chi connectivity index (χ1) is 13.2. The fourth-order valence-electron chi connectivity index (χ4n) is 2.91. The van der Waals surface area contributed by atoms with Gasteiger partial charge in [0.1, 0.15) is 12.7 Å².